The molecule has 2 nitrogen and oxygen atoms in total. The number of nitrogen functional groups attached to an aromatic ring is 1. The third kappa shape index (κ3) is 2.79. The molecule has 5 heteroatoms. The van der Waals surface area contributed by atoms with E-state index in [1.807, 2.05) is 36.0 Å². The zero-order valence-corrected chi connectivity index (χ0v) is 13.2. The van der Waals surface area contributed by atoms with Gasteiger partial charge in [0.15, 0.2) is 0 Å². The van der Waals surface area contributed by atoms with E-state index in [1.54, 1.807) is 6.07 Å². The zero-order valence-electron chi connectivity index (χ0n) is 10.8. The second-order valence-corrected chi connectivity index (χ2v) is 6.79. The predicted molar refractivity (Wildman–Crippen MR) is 86.7 cm³/mol. The molecule has 20 heavy (non-hydrogen) atoms. The smallest absolute Gasteiger partial charge is 0.128 e. The summed E-state index contributed by atoms with van der Waals surface area (Å²) in [5.74, 6) is 0.837. The number of nitrogens with zero attached hydrogens (tertiary/aromatic N) is 1. The van der Waals surface area contributed by atoms with Gasteiger partial charge in [-0.1, -0.05) is 15.9 Å². The summed E-state index contributed by atoms with van der Waals surface area (Å²) in [6.07, 6.45) is 0. The molecule has 0 fully saturated rings. The van der Waals surface area contributed by atoms with Crippen LogP contribution in [0.1, 0.15) is 5.56 Å². The summed E-state index contributed by atoms with van der Waals surface area (Å²) in [6.45, 7) is 1.45. The normalized spacial score (nSPS) is 14.2. The highest BCUT2D eigenvalue weighted by molar-refractivity contribution is 9.10. The summed E-state index contributed by atoms with van der Waals surface area (Å²) in [4.78, 5) is 3.40. The van der Waals surface area contributed by atoms with Crippen molar-refractivity contribution in [1.29, 1.82) is 0 Å². The Morgan fingerprint density at radius 3 is 2.95 bits per heavy atom. The van der Waals surface area contributed by atoms with E-state index in [4.69, 9.17) is 5.73 Å². The molecule has 0 radical (unpaired) electrons. The first-order chi connectivity index (χ1) is 9.63. The maximum absolute atomic E-state index is 13.9. The lowest BCUT2D eigenvalue weighted by Crippen LogP contribution is -2.29. The van der Waals surface area contributed by atoms with E-state index in [1.165, 1.54) is 11.0 Å². The molecule has 0 aromatic heterocycles. The van der Waals surface area contributed by atoms with E-state index in [0.717, 1.165) is 28.1 Å². The van der Waals surface area contributed by atoms with Gasteiger partial charge in [-0.3, -0.25) is 0 Å². The maximum Gasteiger partial charge on any atom is 0.128 e. The highest BCUT2D eigenvalue weighted by atomic mass is 79.9. The average Bonchev–Trinajstić information content (AvgIpc) is 2.43. The number of hydrogen-bond donors (Lipinski definition) is 1. The van der Waals surface area contributed by atoms with Crippen molar-refractivity contribution in [2.45, 2.75) is 11.4 Å². The van der Waals surface area contributed by atoms with Gasteiger partial charge >= 0.3 is 0 Å². The van der Waals surface area contributed by atoms with Crippen LogP contribution < -0.4 is 10.6 Å². The van der Waals surface area contributed by atoms with Gasteiger partial charge in [0, 0.05) is 39.5 Å². The molecule has 0 saturated carbocycles. The summed E-state index contributed by atoms with van der Waals surface area (Å²) in [6, 6.07) is 11.0. The van der Waals surface area contributed by atoms with Crippen LogP contribution in [0.4, 0.5) is 15.8 Å². The number of hydrogen-bond acceptors (Lipinski definition) is 3. The van der Waals surface area contributed by atoms with Crippen LogP contribution in [0.15, 0.2) is 45.8 Å². The van der Waals surface area contributed by atoms with Gasteiger partial charge < -0.3 is 10.6 Å². The molecule has 2 N–H and O–H groups in total. The first kappa shape index (κ1) is 13.8. The van der Waals surface area contributed by atoms with Gasteiger partial charge in [-0.15, -0.1) is 11.8 Å². The summed E-state index contributed by atoms with van der Waals surface area (Å²) in [5.41, 5.74) is 8.41. The number of benzene rings is 2. The average molecular weight is 353 g/mol. The molecular weight excluding hydrogens is 339 g/mol. The SMILES string of the molecule is Nc1ccc2c(c1)N(Cc1cc(Br)ccc1F)CCS2. The van der Waals surface area contributed by atoms with Crippen molar-refractivity contribution >= 4 is 39.1 Å². The Balaban J connectivity index is 1.93. The van der Waals surface area contributed by atoms with E-state index >= 15 is 0 Å². The fourth-order valence-electron chi connectivity index (χ4n) is 2.32. The molecule has 0 amide bonds. The van der Waals surface area contributed by atoms with Crippen molar-refractivity contribution in [3.63, 3.8) is 0 Å². The van der Waals surface area contributed by atoms with Gasteiger partial charge in [0.05, 0.1) is 5.69 Å². The van der Waals surface area contributed by atoms with Gasteiger partial charge in [0.2, 0.25) is 0 Å². The number of thioether (sulfide) groups is 1. The van der Waals surface area contributed by atoms with Crippen LogP contribution in [0.3, 0.4) is 0 Å². The van der Waals surface area contributed by atoms with Gasteiger partial charge in [-0.05, 0) is 36.4 Å². The Labute approximate surface area is 130 Å². The molecule has 0 saturated heterocycles. The molecule has 0 bridgehead atoms. The first-order valence-electron chi connectivity index (χ1n) is 6.35. The van der Waals surface area contributed by atoms with Crippen LogP contribution in [0.5, 0.6) is 0 Å². The molecule has 1 heterocycles. The van der Waals surface area contributed by atoms with Crippen LogP contribution >= 0.6 is 27.7 Å². The van der Waals surface area contributed by atoms with Crippen LogP contribution in [-0.2, 0) is 6.54 Å². The van der Waals surface area contributed by atoms with Crippen LogP contribution in [-0.4, -0.2) is 12.3 Å². The monoisotopic (exact) mass is 352 g/mol. The molecule has 104 valence electrons. The molecule has 1 aliphatic heterocycles. The predicted octanol–water partition coefficient (Wildman–Crippen LogP) is 4.28. The molecule has 2 aromatic rings. The topological polar surface area (TPSA) is 29.3 Å². The highest BCUT2D eigenvalue weighted by Gasteiger charge is 2.19. The Kier molecular flexibility index (Phi) is 3.89. The molecule has 0 atom stereocenters. The van der Waals surface area contributed by atoms with Crippen molar-refractivity contribution < 1.29 is 4.39 Å². The van der Waals surface area contributed by atoms with Crippen molar-refractivity contribution in [1.82, 2.24) is 0 Å². The fourth-order valence-corrected chi connectivity index (χ4v) is 3.76. The Morgan fingerprint density at radius 1 is 1.25 bits per heavy atom. The Morgan fingerprint density at radius 2 is 2.10 bits per heavy atom. The van der Waals surface area contributed by atoms with Crippen molar-refractivity contribution in [2.24, 2.45) is 0 Å². The lowest BCUT2D eigenvalue weighted by Gasteiger charge is -2.31. The molecule has 0 aliphatic carbocycles. The largest absolute Gasteiger partial charge is 0.399 e. The lowest BCUT2D eigenvalue weighted by molar-refractivity contribution is 0.604. The van der Waals surface area contributed by atoms with E-state index < -0.39 is 0 Å². The third-order valence-corrected chi connectivity index (χ3v) is 4.85. The fraction of sp³-hybridized carbons (Fsp3) is 0.200. The van der Waals surface area contributed by atoms with Crippen LogP contribution in [0, 0.1) is 5.82 Å². The molecule has 2 aromatic carbocycles. The second-order valence-electron chi connectivity index (χ2n) is 4.73. The highest BCUT2D eigenvalue weighted by Crippen LogP contribution is 2.37. The number of nitrogens with two attached hydrogens (primary N) is 1. The summed E-state index contributed by atoms with van der Waals surface area (Å²) < 4.78 is 14.8. The Bertz CT molecular complexity index is 648. The van der Waals surface area contributed by atoms with E-state index in [0.29, 0.717) is 12.1 Å². The minimum Gasteiger partial charge on any atom is -0.399 e. The van der Waals surface area contributed by atoms with E-state index in [9.17, 15) is 4.39 Å². The summed E-state index contributed by atoms with van der Waals surface area (Å²) in [7, 11) is 0. The number of rotatable bonds is 2. The van der Waals surface area contributed by atoms with Gasteiger partial charge in [-0.2, -0.15) is 0 Å². The zero-order chi connectivity index (χ0) is 14.1. The van der Waals surface area contributed by atoms with Crippen molar-refractivity contribution in [3.8, 4) is 0 Å². The van der Waals surface area contributed by atoms with Gasteiger partial charge in [-0.25, -0.2) is 4.39 Å². The summed E-state index contributed by atoms with van der Waals surface area (Å²) in [5, 5.41) is 0. The molecule has 0 spiro atoms. The summed E-state index contributed by atoms with van der Waals surface area (Å²) >= 11 is 5.21. The minimum absolute atomic E-state index is 0.170. The lowest BCUT2D eigenvalue weighted by atomic mass is 10.1. The first-order valence-corrected chi connectivity index (χ1v) is 8.12. The third-order valence-electron chi connectivity index (χ3n) is 3.31. The molecule has 1 aliphatic rings. The van der Waals surface area contributed by atoms with Crippen LogP contribution in [0.2, 0.25) is 0 Å². The molecule has 0 unspecified atom stereocenters. The van der Waals surface area contributed by atoms with E-state index in [2.05, 4.69) is 20.8 Å². The molecule has 3 rings (SSSR count). The second kappa shape index (κ2) is 5.66. The van der Waals surface area contributed by atoms with E-state index in [-0.39, 0.29) is 5.82 Å². The van der Waals surface area contributed by atoms with Crippen LogP contribution in [0.25, 0.3) is 0 Å². The quantitative estimate of drug-likeness (QED) is 0.817. The molecular formula is C15H14BrFN2S. The van der Waals surface area contributed by atoms with Gasteiger partial charge in [0.1, 0.15) is 5.82 Å². The minimum atomic E-state index is -0.170. The van der Waals surface area contributed by atoms with Crippen molar-refractivity contribution in [2.75, 3.05) is 22.9 Å². The number of halogens is 2. The van der Waals surface area contributed by atoms with Gasteiger partial charge in [0.25, 0.3) is 0 Å². The maximum atomic E-state index is 13.9. The number of anilines is 2. The van der Waals surface area contributed by atoms with Crippen molar-refractivity contribution in [3.05, 3.63) is 52.3 Å². The standard InChI is InChI=1S/C15H14BrFN2S/c16-11-1-3-13(17)10(7-11)9-19-5-6-20-15-4-2-12(18)8-14(15)19/h1-4,7-8H,5-6,9,18H2. The Hall–Kier alpha value is -1.20. The number of fused-ring (bicyclic) bond motifs is 1.